The molecule has 2 saturated heterocycles. The van der Waals surface area contributed by atoms with Gasteiger partial charge in [0.25, 0.3) is 0 Å². The molecular formula is C15H30N4. The van der Waals surface area contributed by atoms with E-state index in [2.05, 4.69) is 30.6 Å². The minimum absolute atomic E-state index is 0.163. The molecule has 4 heteroatoms. The summed E-state index contributed by atoms with van der Waals surface area (Å²) in [5.41, 5.74) is 5.52. The average Bonchev–Trinajstić information content (AvgIpc) is 2.36. The normalized spacial score (nSPS) is 30.1. The third kappa shape index (κ3) is 3.48. The van der Waals surface area contributed by atoms with Crippen LogP contribution in [0.15, 0.2) is 0 Å². The highest BCUT2D eigenvalue weighted by atomic mass is 15.3. The molecule has 0 amide bonds. The van der Waals surface area contributed by atoms with Crippen LogP contribution in [0, 0.1) is 10.8 Å². The average molecular weight is 266 g/mol. The second kappa shape index (κ2) is 5.80. The van der Waals surface area contributed by atoms with Crippen LogP contribution in [0.1, 0.15) is 46.5 Å². The van der Waals surface area contributed by atoms with E-state index in [1.165, 1.54) is 38.9 Å². The number of hydrogen-bond acceptors (Lipinski definition) is 3. The number of fused-ring (bicyclic) bond motifs is 1. The van der Waals surface area contributed by atoms with Crippen molar-refractivity contribution in [3.63, 3.8) is 0 Å². The second-order valence-corrected chi connectivity index (χ2v) is 7.04. The molecule has 2 fully saturated rings. The number of hydrogen-bond donors (Lipinski definition) is 2. The maximum Gasteiger partial charge on any atom is 0.0963 e. The molecule has 3 N–H and O–H groups in total. The van der Waals surface area contributed by atoms with Gasteiger partial charge >= 0.3 is 0 Å². The molecule has 0 aromatic carbocycles. The number of piperidine rings is 1. The van der Waals surface area contributed by atoms with Crippen LogP contribution < -0.4 is 5.73 Å². The van der Waals surface area contributed by atoms with Crippen LogP contribution in [0.5, 0.6) is 0 Å². The third-order valence-corrected chi connectivity index (χ3v) is 5.07. The fourth-order valence-corrected chi connectivity index (χ4v) is 3.28. The van der Waals surface area contributed by atoms with Crippen LogP contribution >= 0.6 is 0 Å². The number of rotatable bonds is 4. The topological polar surface area (TPSA) is 56.4 Å². The lowest BCUT2D eigenvalue weighted by molar-refractivity contribution is 0.0122. The first-order valence-electron chi connectivity index (χ1n) is 7.73. The molecule has 19 heavy (non-hydrogen) atoms. The van der Waals surface area contributed by atoms with Crippen LogP contribution in [0.25, 0.3) is 0 Å². The minimum atomic E-state index is -0.163. The minimum Gasteiger partial charge on any atom is -0.387 e. The first kappa shape index (κ1) is 14.8. The predicted octanol–water partition coefficient (Wildman–Crippen LogP) is 1.90. The third-order valence-electron chi connectivity index (χ3n) is 5.07. The zero-order valence-electron chi connectivity index (χ0n) is 12.8. The summed E-state index contributed by atoms with van der Waals surface area (Å²) < 4.78 is 0. The van der Waals surface area contributed by atoms with E-state index in [4.69, 9.17) is 11.1 Å². The lowest BCUT2D eigenvalue weighted by Crippen LogP contribution is -2.59. The van der Waals surface area contributed by atoms with Crippen molar-refractivity contribution >= 4 is 5.84 Å². The quantitative estimate of drug-likeness (QED) is 0.603. The van der Waals surface area contributed by atoms with Gasteiger partial charge in [0.15, 0.2) is 0 Å². The molecule has 0 aromatic heterocycles. The summed E-state index contributed by atoms with van der Waals surface area (Å²) >= 11 is 0. The summed E-state index contributed by atoms with van der Waals surface area (Å²) in [5.74, 6) is 0.316. The number of piperazine rings is 1. The van der Waals surface area contributed by atoms with E-state index in [1.807, 2.05) is 0 Å². The Morgan fingerprint density at radius 2 is 2.05 bits per heavy atom. The van der Waals surface area contributed by atoms with Crippen molar-refractivity contribution in [2.24, 2.45) is 11.1 Å². The molecule has 2 aliphatic heterocycles. The Morgan fingerprint density at radius 3 is 2.74 bits per heavy atom. The van der Waals surface area contributed by atoms with Crippen LogP contribution in [-0.4, -0.2) is 53.9 Å². The molecule has 0 radical (unpaired) electrons. The van der Waals surface area contributed by atoms with Gasteiger partial charge < -0.3 is 5.73 Å². The van der Waals surface area contributed by atoms with Gasteiger partial charge in [-0.2, -0.15) is 0 Å². The summed E-state index contributed by atoms with van der Waals surface area (Å²) in [7, 11) is 0. The number of nitrogens with two attached hydrogens (primary N) is 1. The molecule has 0 aromatic rings. The van der Waals surface area contributed by atoms with Crippen LogP contribution in [0.4, 0.5) is 0 Å². The zero-order valence-corrected chi connectivity index (χ0v) is 12.8. The molecular weight excluding hydrogens is 236 g/mol. The van der Waals surface area contributed by atoms with E-state index < -0.39 is 0 Å². The first-order chi connectivity index (χ1) is 8.90. The van der Waals surface area contributed by atoms with Crippen molar-refractivity contribution < 1.29 is 0 Å². The van der Waals surface area contributed by atoms with Gasteiger partial charge in [-0.1, -0.05) is 20.3 Å². The molecule has 110 valence electrons. The monoisotopic (exact) mass is 266 g/mol. The number of amidine groups is 1. The maximum absolute atomic E-state index is 7.66. The highest BCUT2D eigenvalue weighted by Gasteiger charge is 2.33. The molecule has 0 spiro atoms. The van der Waals surface area contributed by atoms with Gasteiger partial charge in [0, 0.05) is 30.6 Å². The van der Waals surface area contributed by atoms with Crippen LogP contribution in [0.3, 0.4) is 0 Å². The largest absolute Gasteiger partial charge is 0.387 e. The Labute approximate surface area is 117 Å². The SMILES string of the molecule is CC1CN2CCCCC2CN1CCC(C)(C)C(=N)N. The Hall–Kier alpha value is -0.610. The summed E-state index contributed by atoms with van der Waals surface area (Å²) in [6, 6.07) is 1.41. The molecule has 2 atom stereocenters. The van der Waals surface area contributed by atoms with Crippen LogP contribution in [0.2, 0.25) is 0 Å². The molecule has 2 heterocycles. The van der Waals surface area contributed by atoms with E-state index in [0.29, 0.717) is 11.9 Å². The highest BCUT2D eigenvalue weighted by molar-refractivity contribution is 5.82. The molecule has 4 nitrogen and oxygen atoms in total. The van der Waals surface area contributed by atoms with Crippen molar-refractivity contribution in [1.82, 2.24) is 9.80 Å². The maximum atomic E-state index is 7.66. The van der Waals surface area contributed by atoms with Crippen molar-refractivity contribution in [2.75, 3.05) is 26.2 Å². The van der Waals surface area contributed by atoms with E-state index in [1.54, 1.807) is 0 Å². The van der Waals surface area contributed by atoms with E-state index in [9.17, 15) is 0 Å². The lowest BCUT2D eigenvalue weighted by atomic mass is 9.87. The zero-order chi connectivity index (χ0) is 14.0. The number of nitrogens with zero attached hydrogens (tertiary/aromatic N) is 2. The van der Waals surface area contributed by atoms with Crippen molar-refractivity contribution in [1.29, 1.82) is 5.41 Å². The molecule has 0 aliphatic carbocycles. The fraction of sp³-hybridized carbons (Fsp3) is 0.933. The molecule has 2 rings (SSSR count). The molecule has 2 aliphatic rings. The Bertz CT molecular complexity index is 326. The van der Waals surface area contributed by atoms with Gasteiger partial charge in [-0.05, 0) is 39.3 Å². The predicted molar refractivity (Wildman–Crippen MR) is 80.6 cm³/mol. The van der Waals surface area contributed by atoms with Gasteiger partial charge in [-0.15, -0.1) is 0 Å². The summed E-state index contributed by atoms with van der Waals surface area (Å²) in [6.45, 7) is 11.3. The Kier molecular flexibility index (Phi) is 4.51. The summed E-state index contributed by atoms with van der Waals surface area (Å²) in [5, 5.41) is 7.66. The van der Waals surface area contributed by atoms with Gasteiger partial charge in [0.05, 0.1) is 5.84 Å². The number of nitrogens with one attached hydrogen (secondary N) is 1. The Morgan fingerprint density at radius 1 is 1.32 bits per heavy atom. The van der Waals surface area contributed by atoms with Gasteiger partial charge in [-0.25, -0.2) is 0 Å². The highest BCUT2D eigenvalue weighted by Crippen LogP contribution is 2.26. The Balaban J connectivity index is 1.88. The van der Waals surface area contributed by atoms with E-state index in [-0.39, 0.29) is 5.41 Å². The van der Waals surface area contributed by atoms with Crippen molar-refractivity contribution in [3.8, 4) is 0 Å². The van der Waals surface area contributed by atoms with E-state index >= 15 is 0 Å². The van der Waals surface area contributed by atoms with Crippen molar-refractivity contribution in [2.45, 2.75) is 58.5 Å². The van der Waals surface area contributed by atoms with Gasteiger partial charge in [-0.3, -0.25) is 15.2 Å². The smallest absolute Gasteiger partial charge is 0.0963 e. The fourth-order valence-electron chi connectivity index (χ4n) is 3.28. The molecule has 0 bridgehead atoms. The molecule has 2 unspecified atom stereocenters. The van der Waals surface area contributed by atoms with Gasteiger partial charge in [0.1, 0.15) is 0 Å². The lowest BCUT2D eigenvalue weighted by Gasteiger charge is -2.48. The van der Waals surface area contributed by atoms with Crippen LogP contribution in [-0.2, 0) is 0 Å². The second-order valence-electron chi connectivity index (χ2n) is 7.04. The van der Waals surface area contributed by atoms with Crippen molar-refractivity contribution in [3.05, 3.63) is 0 Å². The van der Waals surface area contributed by atoms with Gasteiger partial charge in [0.2, 0.25) is 0 Å². The van der Waals surface area contributed by atoms with E-state index in [0.717, 1.165) is 19.0 Å². The first-order valence-corrected chi connectivity index (χ1v) is 7.73. The summed E-state index contributed by atoms with van der Waals surface area (Å²) in [6.07, 6.45) is 5.11. The summed E-state index contributed by atoms with van der Waals surface area (Å²) in [4.78, 5) is 5.29. The molecule has 0 saturated carbocycles. The standard InChI is InChI=1S/C15H30N4/c1-12-10-19-8-5-4-6-13(19)11-18(12)9-7-15(2,3)14(16)17/h12-13H,4-11H2,1-3H3,(H3,16,17).